The fourth-order valence-corrected chi connectivity index (χ4v) is 4.68. The van der Waals surface area contributed by atoms with Crippen LogP contribution in [0.1, 0.15) is 18.1 Å². The molecule has 1 amide bonds. The molecule has 3 rings (SSSR count). The molecule has 0 bridgehead atoms. The third kappa shape index (κ3) is 4.34. The summed E-state index contributed by atoms with van der Waals surface area (Å²) in [6, 6.07) is 12.5. The number of carbonyl (C=O) groups excluding carboxylic acids is 1. The molecule has 25 heavy (non-hydrogen) atoms. The van der Waals surface area contributed by atoms with E-state index in [2.05, 4.69) is 15.0 Å². The van der Waals surface area contributed by atoms with Gasteiger partial charge in [0.15, 0.2) is 5.13 Å². The number of fused-ring (bicyclic) bond motifs is 1. The number of aryl methyl sites for hydroxylation is 1. The molecule has 0 saturated heterocycles. The van der Waals surface area contributed by atoms with Gasteiger partial charge in [-0.3, -0.25) is 9.52 Å². The first-order valence-corrected chi connectivity index (χ1v) is 10.0. The summed E-state index contributed by atoms with van der Waals surface area (Å²) in [6.45, 7) is 3.27. The summed E-state index contributed by atoms with van der Waals surface area (Å²) in [5.74, 6) is -0.286. The average Bonchev–Trinajstić information content (AvgIpc) is 2.89. The SMILES string of the molecule is CC(=O)Nc1nc2c(C)cc(NS(=O)(=O)Cc3ccccc3)cc2s1. The molecule has 1 heterocycles. The van der Waals surface area contributed by atoms with Crippen molar-refractivity contribution in [1.82, 2.24) is 4.98 Å². The van der Waals surface area contributed by atoms with Crippen molar-refractivity contribution in [3.63, 3.8) is 0 Å². The lowest BCUT2D eigenvalue weighted by molar-refractivity contribution is -0.114. The summed E-state index contributed by atoms with van der Waals surface area (Å²) >= 11 is 1.31. The Morgan fingerprint density at radius 2 is 1.92 bits per heavy atom. The number of benzene rings is 2. The van der Waals surface area contributed by atoms with Crippen LogP contribution in [0, 0.1) is 6.92 Å². The first-order valence-electron chi connectivity index (χ1n) is 7.55. The molecular weight excluding hydrogens is 358 g/mol. The maximum absolute atomic E-state index is 12.4. The Bertz CT molecular complexity index is 1030. The van der Waals surface area contributed by atoms with Crippen LogP contribution in [0.5, 0.6) is 0 Å². The highest BCUT2D eigenvalue weighted by atomic mass is 32.2. The molecule has 0 radical (unpaired) electrons. The van der Waals surface area contributed by atoms with Gasteiger partial charge in [0, 0.05) is 6.92 Å². The number of sulfonamides is 1. The van der Waals surface area contributed by atoms with Crippen LogP contribution >= 0.6 is 11.3 Å². The van der Waals surface area contributed by atoms with Crippen LogP contribution in [-0.2, 0) is 20.6 Å². The Morgan fingerprint density at radius 1 is 1.20 bits per heavy atom. The van der Waals surface area contributed by atoms with Gasteiger partial charge >= 0.3 is 0 Å². The lowest BCUT2D eigenvalue weighted by atomic mass is 10.2. The standard InChI is InChI=1S/C17H17N3O3S2/c1-11-8-14(9-15-16(11)19-17(24-15)18-12(2)21)20-25(22,23)10-13-6-4-3-5-7-13/h3-9,20H,10H2,1-2H3,(H,18,19,21). The van der Waals surface area contributed by atoms with Gasteiger partial charge in [-0.25, -0.2) is 13.4 Å². The van der Waals surface area contributed by atoms with Crippen molar-refractivity contribution < 1.29 is 13.2 Å². The van der Waals surface area contributed by atoms with E-state index in [-0.39, 0.29) is 11.7 Å². The number of thiazole rings is 1. The summed E-state index contributed by atoms with van der Waals surface area (Å²) in [5, 5.41) is 3.15. The van der Waals surface area contributed by atoms with Crippen molar-refractivity contribution in [2.45, 2.75) is 19.6 Å². The predicted molar refractivity (Wildman–Crippen MR) is 101 cm³/mol. The third-order valence-electron chi connectivity index (χ3n) is 3.44. The first-order chi connectivity index (χ1) is 11.8. The van der Waals surface area contributed by atoms with Crippen LogP contribution in [0.4, 0.5) is 10.8 Å². The minimum Gasteiger partial charge on any atom is -0.302 e. The van der Waals surface area contributed by atoms with Crippen LogP contribution in [0.3, 0.4) is 0 Å². The summed E-state index contributed by atoms with van der Waals surface area (Å²) in [7, 11) is -3.52. The molecule has 3 aromatic rings. The topological polar surface area (TPSA) is 88.2 Å². The number of nitrogens with one attached hydrogen (secondary N) is 2. The molecule has 0 spiro atoms. The minimum atomic E-state index is -3.52. The fourth-order valence-electron chi connectivity index (χ4n) is 2.47. The second-order valence-electron chi connectivity index (χ2n) is 5.69. The molecule has 8 heteroatoms. The predicted octanol–water partition coefficient (Wildman–Crippen LogP) is 3.51. The zero-order valence-electron chi connectivity index (χ0n) is 13.7. The molecule has 0 saturated carbocycles. The number of amides is 1. The molecule has 6 nitrogen and oxygen atoms in total. The van der Waals surface area contributed by atoms with Crippen LogP contribution in [0.2, 0.25) is 0 Å². The molecule has 0 aliphatic rings. The van der Waals surface area contributed by atoms with Gasteiger partial charge in [0.25, 0.3) is 0 Å². The van der Waals surface area contributed by atoms with Crippen molar-refractivity contribution in [2.24, 2.45) is 0 Å². The molecule has 0 aliphatic heterocycles. The lowest BCUT2D eigenvalue weighted by Gasteiger charge is -2.09. The fraction of sp³-hybridized carbons (Fsp3) is 0.176. The number of carbonyl (C=O) groups is 1. The van der Waals surface area contributed by atoms with E-state index < -0.39 is 10.0 Å². The molecule has 0 unspecified atom stereocenters. The summed E-state index contributed by atoms with van der Waals surface area (Å²) in [4.78, 5) is 15.5. The number of aromatic nitrogens is 1. The van der Waals surface area contributed by atoms with Crippen LogP contribution in [0.25, 0.3) is 10.2 Å². The Morgan fingerprint density at radius 3 is 2.60 bits per heavy atom. The van der Waals surface area contributed by atoms with E-state index in [1.807, 2.05) is 25.1 Å². The Balaban J connectivity index is 1.87. The van der Waals surface area contributed by atoms with Gasteiger partial charge in [0.2, 0.25) is 15.9 Å². The van der Waals surface area contributed by atoms with Gasteiger partial charge in [0.1, 0.15) is 0 Å². The third-order valence-corrected chi connectivity index (χ3v) is 5.62. The number of anilines is 2. The lowest BCUT2D eigenvalue weighted by Crippen LogP contribution is -2.15. The summed E-state index contributed by atoms with van der Waals surface area (Å²) in [6.07, 6.45) is 0. The zero-order chi connectivity index (χ0) is 18.0. The smallest absolute Gasteiger partial charge is 0.236 e. The monoisotopic (exact) mass is 375 g/mol. The minimum absolute atomic E-state index is 0.0925. The van der Waals surface area contributed by atoms with Crippen molar-refractivity contribution in [3.8, 4) is 0 Å². The molecule has 2 N–H and O–H groups in total. The van der Waals surface area contributed by atoms with E-state index in [1.54, 1.807) is 24.3 Å². The van der Waals surface area contributed by atoms with Crippen LogP contribution < -0.4 is 10.0 Å². The second kappa shape index (κ2) is 6.81. The summed E-state index contributed by atoms with van der Waals surface area (Å²) < 4.78 is 28.2. The summed E-state index contributed by atoms with van der Waals surface area (Å²) in [5.41, 5.74) is 2.79. The average molecular weight is 375 g/mol. The second-order valence-corrected chi connectivity index (χ2v) is 8.44. The Kier molecular flexibility index (Phi) is 4.73. The van der Waals surface area contributed by atoms with Gasteiger partial charge in [-0.05, 0) is 30.2 Å². The van der Waals surface area contributed by atoms with Crippen molar-refractivity contribution >= 4 is 48.3 Å². The zero-order valence-corrected chi connectivity index (χ0v) is 15.4. The Hall–Kier alpha value is -2.45. The molecule has 1 aromatic heterocycles. The van der Waals surface area contributed by atoms with Crippen molar-refractivity contribution in [3.05, 3.63) is 53.6 Å². The van der Waals surface area contributed by atoms with E-state index in [0.717, 1.165) is 21.3 Å². The number of hydrogen-bond acceptors (Lipinski definition) is 5. The normalized spacial score (nSPS) is 11.4. The molecular formula is C17H17N3O3S2. The van der Waals surface area contributed by atoms with Gasteiger partial charge in [-0.2, -0.15) is 0 Å². The Labute approximate surface area is 150 Å². The van der Waals surface area contributed by atoms with Crippen molar-refractivity contribution in [1.29, 1.82) is 0 Å². The van der Waals surface area contributed by atoms with Gasteiger partial charge in [-0.1, -0.05) is 41.7 Å². The van der Waals surface area contributed by atoms with Gasteiger partial charge in [0.05, 0.1) is 21.7 Å². The maximum Gasteiger partial charge on any atom is 0.236 e. The van der Waals surface area contributed by atoms with Gasteiger partial charge in [-0.15, -0.1) is 0 Å². The van der Waals surface area contributed by atoms with E-state index in [0.29, 0.717) is 10.8 Å². The molecule has 130 valence electrons. The highest BCUT2D eigenvalue weighted by molar-refractivity contribution is 7.91. The molecule has 0 aliphatic carbocycles. The molecule has 0 fully saturated rings. The van der Waals surface area contributed by atoms with E-state index in [1.165, 1.54) is 18.3 Å². The molecule has 2 aromatic carbocycles. The maximum atomic E-state index is 12.4. The number of nitrogens with zero attached hydrogens (tertiary/aromatic N) is 1. The van der Waals surface area contributed by atoms with Crippen LogP contribution in [-0.4, -0.2) is 19.3 Å². The van der Waals surface area contributed by atoms with Crippen molar-refractivity contribution in [2.75, 3.05) is 10.0 Å². The van der Waals surface area contributed by atoms with E-state index in [4.69, 9.17) is 0 Å². The number of hydrogen-bond donors (Lipinski definition) is 2. The molecule has 0 atom stereocenters. The first kappa shape index (κ1) is 17.4. The van der Waals surface area contributed by atoms with Gasteiger partial charge < -0.3 is 5.32 Å². The highest BCUT2D eigenvalue weighted by Gasteiger charge is 2.14. The van der Waals surface area contributed by atoms with E-state index in [9.17, 15) is 13.2 Å². The van der Waals surface area contributed by atoms with Crippen LogP contribution in [0.15, 0.2) is 42.5 Å². The quantitative estimate of drug-likeness (QED) is 0.714. The van der Waals surface area contributed by atoms with E-state index >= 15 is 0 Å². The number of rotatable bonds is 5. The largest absolute Gasteiger partial charge is 0.302 e. The highest BCUT2D eigenvalue weighted by Crippen LogP contribution is 2.31.